The van der Waals surface area contributed by atoms with Gasteiger partial charge in [-0.1, -0.05) is 0 Å². The lowest BCUT2D eigenvalue weighted by atomic mass is 10.0. The summed E-state index contributed by atoms with van der Waals surface area (Å²) in [6, 6.07) is 0. The van der Waals surface area contributed by atoms with Crippen LogP contribution in [0.1, 0.15) is 25.6 Å². The third-order valence-electron chi connectivity index (χ3n) is 4.02. The third kappa shape index (κ3) is 3.77. The molecule has 0 aromatic carbocycles. The van der Waals surface area contributed by atoms with Crippen LogP contribution in [0, 0.1) is 0 Å². The van der Waals surface area contributed by atoms with Crippen LogP contribution >= 0.6 is 11.3 Å². The predicted octanol–water partition coefficient (Wildman–Crippen LogP) is 1.33. The van der Waals surface area contributed by atoms with Crippen molar-refractivity contribution in [1.82, 2.24) is 15.2 Å². The maximum atomic E-state index is 12.0. The van der Waals surface area contributed by atoms with Crippen LogP contribution in [0.5, 0.6) is 0 Å². The number of aromatic nitrogens is 1. The number of nitrogens with zero attached hydrogens (tertiary/aromatic N) is 3. The first-order chi connectivity index (χ1) is 10.5. The van der Waals surface area contributed by atoms with Crippen LogP contribution in [0.3, 0.4) is 0 Å². The zero-order chi connectivity index (χ0) is 16.2. The standard InChI is InChI=1S/C15H26N4O2S/c1-5-19(6-2)14-17-9-12(22-14)10-18-7-8-21-15(3,11-18)13(20)16-4/h9H,5-8,10-11H2,1-4H3,(H,16,20)/t15-/m1/s1. The van der Waals surface area contributed by atoms with E-state index in [1.807, 2.05) is 13.1 Å². The zero-order valence-corrected chi connectivity index (χ0v) is 14.7. The van der Waals surface area contributed by atoms with Gasteiger partial charge in [0.25, 0.3) is 5.91 Å². The summed E-state index contributed by atoms with van der Waals surface area (Å²) in [5.74, 6) is -0.0645. The molecule has 124 valence electrons. The minimum atomic E-state index is -0.764. The monoisotopic (exact) mass is 326 g/mol. The van der Waals surface area contributed by atoms with E-state index in [4.69, 9.17) is 4.74 Å². The highest BCUT2D eigenvalue weighted by Gasteiger charge is 2.38. The molecule has 1 aliphatic rings. The summed E-state index contributed by atoms with van der Waals surface area (Å²) in [5, 5.41) is 3.76. The molecular formula is C15H26N4O2S. The molecule has 0 aliphatic carbocycles. The molecule has 1 amide bonds. The van der Waals surface area contributed by atoms with Gasteiger partial charge in [-0.3, -0.25) is 9.69 Å². The number of hydrogen-bond acceptors (Lipinski definition) is 6. The average molecular weight is 326 g/mol. The molecule has 1 aromatic heterocycles. The molecule has 1 saturated heterocycles. The molecule has 2 rings (SSSR count). The Labute approximate surface area is 136 Å². The van der Waals surface area contributed by atoms with Crippen molar-refractivity contribution in [3.8, 4) is 0 Å². The lowest BCUT2D eigenvalue weighted by molar-refractivity contribution is -0.156. The Balaban J connectivity index is 2.00. The number of ether oxygens (including phenoxy) is 1. The predicted molar refractivity (Wildman–Crippen MR) is 89.4 cm³/mol. The van der Waals surface area contributed by atoms with Crippen LogP contribution in [-0.4, -0.2) is 61.2 Å². The lowest BCUT2D eigenvalue weighted by Crippen LogP contribution is -2.57. The molecule has 0 bridgehead atoms. The minimum Gasteiger partial charge on any atom is -0.363 e. The highest BCUT2D eigenvalue weighted by atomic mass is 32.1. The smallest absolute Gasteiger partial charge is 0.253 e. The first kappa shape index (κ1) is 17.2. The Morgan fingerprint density at radius 3 is 2.91 bits per heavy atom. The summed E-state index contributed by atoms with van der Waals surface area (Å²) >= 11 is 1.73. The van der Waals surface area contributed by atoms with Crippen molar-refractivity contribution in [1.29, 1.82) is 0 Å². The van der Waals surface area contributed by atoms with Gasteiger partial charge in [0.1, 0.15) is 0 Å². The molecule has 6 nitrogen and oxygen atoms in total. The number of hydrogen-bond donors (Lipinski definition) is 1. The molecule has 0 spiro atoms. The van der Waals surface area contributed by atoms with Gasteiger partial charge in [-0.05, 0) is 20.8 Å². The fourth-order valence-corrected chi connectivity index (χ4v) is 3.80. The fourth-order valence-electron chi connectivity index (χ4n) is 2.72. The number of morpholine rings is 1. The topological polar surface area (TPSA) is 57.7 Å². The van der Waals surface area contributed by atoms with Gasteiger partial charge in [-0.15, -0.1) is 11.3 Å². The Hall–Kier alpha value is -1.18. The van der Waals surface area contributed by atoms with E-state index in [0.29, 0.717) is 13.2 Å². The molecule has 2 heterocycles. The molecule has 22 heavy (non-hydrogen) atoms. The van der Waals surface area contributed by atoms with Crippen LogP contribution in [0.2, 0.25) is 0 Å². The number of rotatable bonds is 6. The van der Waals surface area contributed by atoms with E-state index in [9.17, 15) is 4.79 Å². The number of anilines is 1. The molecule has 1 aliphatic heterocycles. The number of carbonyl (C=O) groups is 1. The molecule has 1 fully saturated rings. The van der Waals surface area contributed by atoms with Crippen molar-refractivity contribution in [2.45, 2.75) is 32.9 Å². The summed E-state index contributed by atoms with van der Waals surface area (Å²) in [5.41, 5.74) is -0.764. The largest absolute Gasteiger partial charge is 0.363 e. The molecule has 0 radical (unpaired) electrons. The maximum Gasteiger partial charge on any atom is 0.253 e. The van der Waals surface area contributed by atoms with Crippen LogP contribution in [0.15, 0.2) is 6.20 Å². The van der Waals surface area contributed by atoms with E-state index in [0.717, 1.165) is 31.3 Å². The minimum absolute atomic E-state index is 0.0645. The number of likely N-dealkylation sites (N-methyl/N-ethyl adjacent to an activating group) is 1. The quantitative estimate of drug-likeness (QED) is 0.854. The fraction of sp³-hybridized carbons (Fsp3) is 0.733. The van der Waals surface area contributed by atoms with E-state index >= 15 is 0 Å². The SMILES string of the molecule is CCN(CC)c1ncc(CN2CCO[C@@](C)(C(=O)NC)C2)s1. The number of nitrogens with one attached hydrogen (secondary N) is 1. The van der Waals surface area contributed by atoms with Gasteiger partial charge in [-0.25, -0.2) is 4.98 Å². The molecular weight excluding hydrogens is 300 g/mol. The van der Waals surface area contributed by atoms with Gasteiger partial charge in [0, 0.05) is 50.8 Å². The van der Waals surface area contributed by atoms with Gasteiger partial charge < -0.3 is 15.0 Å². The van der Waals surface area contributed by atoms with E-state index in [2.05, 4.69) is 33.9 Å². The van der Waals surface area contributed by atoms with Crippen molar-refractivity contribution in [2.75, 3.05) is 44.7 Å². The normalized spacial score (nSPS) is 22.5. The Kier molecular flexibility index (Phi) is 5.77. The first-order valence-electron chi connectivity index (χ1n) is 7.80. The second-order valence-corrected chi connectivity index (χ2v) is 6.74. The molecule has 1 atom stereocenters. The van der Waals surface area contributed by atoms with Crippen molar-refractivity contribution in [3.63, 3.8) is 0 Å². The number of amides is 1. The van der Waals surface area contributed by atoms with Crippen LogP contribution in [0.4, 0.5) is 5.13 Å². The van der Waals surface area contributed by atoms with Gasteiger partial charge in [0.05, 0.1) is 6.61 Å². The summed E-state index contributed by atoms with van der Waals surface area (Å²) < 4.78 is 5.69. The Bertz CT molecular complexity index is 503. The summed E-state index contributed by atoms with van der Waals surface area (Å²) in [4.78, 5) is 22.2. The van der Waals surface area contributed by atoms with E-state index in [1.165, 1.54) is 4.88 Å². The summed E-state index contributed by atoms with van der Waals surface area (Å²) in [7, 11) is 1.65. The Morgan fingerprint density at radius 2 is 2.27 bits per heavy atom. The molecule has 0 unspecified atom stereocenters. The van der Waals surface area contributed by atoms with Crippen LogP contribution in [0.25, 0.3) is 0 Å². The van der Waals surface area contributed by atoms with Gasteiger partial charge in [-0.2, -0.15) is 0 Å². The van der Waals surface area contributed by atoms with E-state index < -0.39 is 5.60 Å². The average Bonchev–Trinajstić information content (AvgIpc) is 2.96. The lowest BCUT2D eigenvalue weighted by Gasteiger charge is -2.38. The molecule has 1 aromatic rings. The van der Waals surface area contributed by atoms with Crippen molar-refractivity contribution in [2.24, 2.45) is 0 Å². The van der Waals surface area contributed by atoms with Gasteiger partial charge in [0.15, 0.2) is 10.7 Å². The Morgan fingerprint density at radius 1 is 1.55 bits per heavy atom. The molecule has 7 heteroatoms. The summed E-state index contributed by atoms with van der Waals surface area (Å²) in [6.07, 6.45) is 1.95. The maximum absolute atomic E-state index is 12.0. The third-order valence-corrected chi connectivity index (χ3v) is 5.06. The zero-order valence-electron chi connectivity index (χ0n) is 13.9. The second kappa shape index (κ2) is 7.39. The number of thiazole rings is 1. The second-order valence-electron chi connectivity index (χ2n) is 5.65. The van der Waals surface area contributed by atoms with Crippen LogP contribution in [-0.2, 0) is 16.1 Å². The highest BCUT2D eigenvalue weighted by molar-refractivity contribution is 7.15. The molecule has 0 saturated carbocycles. The van der Waals surface area contributed by atoms with Crippen molar-refractivity contribution >= 4 is 22.4 Å². The number of carbonyl (C=O) groups excluding carboxylic acids is 1. The van der Waals surface area contributed by atoms with E-state index in [1.54, 1.807) is 18.4 Å². The van der Waals surface area contributed by atoms with Crippen molar-refractivity contribution < 1.29 is 9.53 Å². The van der Waals surface area contributed by atoms with E-state index in [-0.39, 0.29) is 5.91 Å². The van der Waals surface area contributed by atoms with Gasteiger partial charge >= 0.3 is 0 Å². The van der Waals surface area contributed by atoms with Crippen LogP contribution < -0.4 is 10.2 Å². The van der Waals surface area contributed by atoms with Gasteiger partial charge in [0.2, 0.25) is 0 Å². The molecule has 1 N–H and O–H groups in total. The highest BCUT2D eigenvalue weighted by Crippen LogP contribution is 2.25. The summed E-state index contributed by atoms with van der Waals surface area (Å²) in [6.45, 7) is 10.9. The van der Waals surface area contributed by atoms with Crippen molar-refractivity contribution in [3.05, 3.63) is 11.1 Å². The first-order valence-corrected chi connectivity index (χ1v) is 8.62.